The number of piperazine rings is 1. The van der Waals surface area contributed by atoms with E-state index < -0.39 is 6.10 Å². The van der Waals surface area contributed by atoms with Crippen molar-refractivity contribution in [2.24, 2.45) is 0 Å². The number of carbonyl (C=O) groups excluding carboxylic acids is 1. The van der Waals surface area contributed by atoms with Gasteiger partial charge in [0.15, 0.2) is 17.6 Å². The van der Waals surface area contributed by atoms with E-state index in [0.29, 0.717) is 24.4 Å². The summed E-state index contributed by atoms with van der Waals surface area (Å²) in [5.41, 5.74) is 1.74. The Balaban J connectivity index is 1.27. The van der Waals surface area contributed by atoms with Crippen molar-refractivity contribution in [1.29, 1.82) is 5.26 Å². The molecule has 0 N–H and O–H groups in total. The normalized spacial score (nSPS) is 16.9. The van der Waals surface area contributed by atoms with E-state index in [1.54, 1.807) is 31.2 Å². The van der Waals surface area contributed by atoms with Gasteiger partial charge in [-0.2, -0.15) is 5.26 Å². The maximum Gasteiger partial charge on any atom is 0.263 e. The Morgan fingerprint density at radius 1 is 1.10 bits per heavy atom. The molecule has 2 heterocycles. The molecule has 0 aromatic heterocycles. The van der Waals surface area contributed by atoms with Gasteiger partial charge in [-0.15, -0.1) is 0 Å². The van der Waals surface area contributed by atoms with E-state index in [-0.39, 0.29) is 12.7 Å². The van der Waals surface area contributed by atoms with Crippen LogP contribution in [0.15, 0.2) is 42.5 Å². The van der Waals surface area contributed by atoms with Gasteiger partial charge in [0.25, 0.3) is 5.91 Å². The highest BCUT2D eigenvalue weighted by Gasteiger charge is 2.26. The van der Waals surface area contributed by atoms with Crippen molar-refractivity contribution in [2.45, 2.75) is 19.6 Å². The first-order valence-electron chi connectivity index (χ1n) is 9.69. The molecular formula is C22H23N3O4. The Kier molecular flexibility index (Phi) is 5.54. The first-order valence-corrected chi connectivity index (χ1v) is 9.69. The lowest BCUT2D eigenvalue weighted by Crippen LogP contribution is -2.51. The molecule has 2 aliphatic heterocycles. The predicted molar refractivity (Wildman–Crippen MR) is 106 cm³/mol. The zero-order valence-electron chi connectivity index (χ0n) is 16.3. The van der Waals surface area contributed by atoms with Crippen molar-refractivity contribution >= 4 is 5.91 Å². The number of rotatable bonds is 5. The van der Waals surface area contributed by atoms with Gasteiger partial charge in [-0.25, -0.2) is 0 Å². The lowest BCUT2D eigenvalue weighted by Gasteiger charge is -2.35. The number of carbonyl (C=O) groups is 1. The summed E-state index contributed by atoms with van der Waals surface area (Å²) in [6.07, 6.45) is -0.566. The first-order chi connectivity index (χ1) is 14.1. The largest absolute Gasteiger partial charge is 0.481 e. The Morgan fingerprint density at radius 2 is 1.83 bits per heavy atom. The number of ether oxygens (including phenoxy) is 3. The van der Waals surface area contributed by atoms with Crippen molar-refractivity contribution in [1.82, 2.24) is 9.80 Å². The summed E-state index contributed by atoms with van der Waals surface area (Å²) < 4.78 is 16.5. The second kappa shape index (κ2) is 8.41. The van der Waals surface area contributed by atoms with Crippen LogP contribution in [-0.4, -0.2) is 54.8 Å². The molecule has 0 aliphatic carbocycles. The summed E-state index contributed by atoms with van der Waals surface area (Å²) in [6.45, 7) is 5.82. The second-order valence-electron chi connectivity index (χ2n) is 7.19. The summed E-state index contributed by atoms with van der Waals surface area (Å²) in [6, 6.07) is 14.9. The lowest BCUT2D eigenvalue weighted by molar-refractivity contribution is -0.139. The third kappa shape index (κ3) is 4.44. The van der Waals surface area contributed by atoms with Gasteiger partial charge in [-0.1, -0.05) is 6.07 Å². The maximum atomic E-state index is 12.7. The van der Waals surface area contributed by atoms with E-state index in [0.717, 1.165) is 31.1 Å². The van der Waals surface area contributed by atoms with Gasteiger partial charge in [0.2, 0.25) is 6.79 Å². The number of hydrogen-bond donors (Lipinski definition) is 0. The third-order valence-electron chi connectivity index (χ3n) is 5.17. The summed E-state index contributed by atoms with van der Waals surface area (Å²) >= 11 is 0. The zero-order valence-corrected chi connectivity index (χ0v) is 16.3. The van der Waals surface area contributed by atoms with E-state index in [9.17, 15) is 4.79 Å². The number of benzene rings is 2. The molecule has 0 bridgehead atoms. The molecule has 7 heteroatoms. The number of hydrogen-bond acceptors (Lipinski definition) is 6. The van der Waals surface area contributed by atoms with E-state index in [1.165, 1.54) is 5.56 Å². The SMILES string of the molecule is C[C@@H](Oc1ccc(C#N)cc1)C(=O)N1CCN(Cc2ccc3c(c2)OCO3)CC1. The highest BCUT2D eigenvalue weighted by molar-refractivity contribution is 5.81. The molecule has 2 aromatic carbocycles. The Morgan fingerprint density at radius 3 is 2.55 bits per heavy atom. The smallest absolute Gasteiger partial charge is 0.263 e. The topological polar surface area (TPSA) is 75.0 Å². The Bertz CT molecular complexity index is 915. The standard InChI is InChI=1S/C22H23N3O4/c1-16(29-19-5-2-17(13-23)3-6-19)22(26)25-10-8-24(9-11-25)14-18-4-7-20-21(12-18)28-15-27-20/h2-7,12,16H,8-11,14-15H2,1H3/t16-/m1/s1. The molecule has 1 amide bonds. The second-order valence-corrected chi connectivity index (χ2v) is 7.19. The zero-order chi connectivity index (χ0) is 20.2. The van der Waals surface area contributed by atoms with Crippen molar-refractivity contribution in [3.05, 3.63) is 53.6 Å². The molecule has 29 heavy (non-hydrogen) atoms. The average molecular weight is 393 g/mol. The van der Waals surface area contributed by atoms with Crippen molar-refractivity contribution in [2.75, 3.05) is 33.0 Å². The molecule has 1 fully saturated rings. The van der Waals surface area contributed by atoms with Crippen LogP contribution < -0.4 is 14.2 Å². The van der Waals surface area contributed by atoms with Crippen LogP contribution in [-0.2, 0) is 11.3 Å². The van der Waals surface area contributed by atoms with E-state index in [1.807, 2.05) is 17.0 Å². The minimum absolute atomic E-state index is 0.0166. The van der Waals surface area contributed by atoms with Gasteiger partial charge in [0.05, 0.1) is 11.6 Å². The molecule has 0 unspecified atom stereocenters. The molecule has 150 valence electrons. The molecule has 0 spiro atoms. The molecule has 0 saturated carbocycles. The van der Waals surface area contributed by atoms with Crippen LogP contribution in [0.5, 0.6) is 17.2 Å². The molecule has 4 rings (SSSR count). The molecule has 1 saturated heterocycles. The highest BCUT2D eigenvalue weighted by atomic mass is 16.7. The number of fused-ring (bicyclic) bond motifs is 1. The van der Waals surface area contributed by atoms with Crippen molar-refractivity contribution < 1.29 is 19.0 Å². The van der Waals surface area contributed by atoms with Gasteiger partial charge in [-0.05, 0) is 48.9 Å². The number of nitriles is 1. The van der Waals surface area contributed by atoms with Crippen molar-refractivity contribution in [3.8, 4) is 23.3 Å². The molecule has 2 aromatic rings. The summed E-state index contributed by atoms with van der Waals surface area (Å²) in [7, 11) is 0. The van der Waals surface area contributed by atoms with Crippen LogP contribution in [0.3, 0.4) is 0 Å². The van der Waals surface area contributed by atoms with Crippen LogP contribution in [0.1, 0.15) is 18.1 Å². The molecule has 0 radical (unpaired) electrons. The van der Waals surface area contributed by atoms with Crippen molar-refractivity contribution in [3.63, 3.8) is 0 Å². The van der Waals surface area contributed by atoms with E-state index >= 15 is 0 Å². The fourth-order valence-corrected chi connectivity index (χ4v) is 3.54. The summed E-state index contributed by atoms with van der Waals surface area (Å²) in [5, 5.41) is 8.86. The van der Waals surface area contributed by atoms with Gasteiger partial charge in [0, 0.05) is 32.7 Å². The maximum absolute atomic E-state index is 12.7. The van der Waals surface area contributed by atoms with Gasteiger partial charge in [-0.3, -0.25) is 9.69 Å². The quantitative estimate of drug-likeness (QED) is 0.777. The molecule has 1 atom stereocenters. The number of amides is 1. The average Bonchev–Trinajstić information content (AvgIpc) is 3.22. The molecule has 2 aliphatic rings. The molecular weight excluding hydrogens is 370 g/mol. The highest BCUT2D eigenvalue weighted by Crippen LogP contribution is 2.32. The number of nitrogens with zero attached hydrogens (tertiary/aromatic N) is 3. The van der Waals surface area contributed by atoms with E-state index in [2.05, 4.69) is 17.0 Å². The van der Waals surface area contributed by atoms with Crippen LogP contribution in [0.25, 0.3) is 0 Å². The fourth-order valence-electron chi connectivity index (χ4n) is 3.54. The summed E-state index contributed by atoms with van der Waals surface area (Å²) in [4.78, 5) is 16.9. The van der Waals surface area contributed by atoms with E-state index in [4.69, 9.17) is 19.5 Å². The van der Waals surface area contributed by atoms with Gasteiger partial charge >= 0.3 is 0 Å². The minimum atomic E-state index is -0.566. The predicted octanol–water partition coefficient (Wildman–Crippen LogP) is 2.40. The van der Waals surface area contributed by atoms with Crippen LogP contribution in [0.4, 0.5) is 0 Å². The first kappa shape index (κ1) is 19.1. The Hall–Kier alpha value is -3.24. The van der Waals surface area contributed by atoms with Gasteiger partial charge in [0.1, 0.15) is 5.75 Å². The Labute approximate surface area is 170 Å². The molecule has 7 nitrogen and oxygen atoms in total. The lowest BCUT2D eigenvalue weighted by atomic mass is 10.1. The monoisotopic (exact) mass is 393 g/mol. The van der Waals surface area contributed by atoms with Crippen LogP contribution in [0, 0.1) is 11.3 Å². The van der Waals surface area contributed by atoms with Gasteiger partial charge < -0.3 is 19.1 Å². The van der Waals surface area contributed by atoms with Crippen LogP contribution in [0.2, 0.25) is 0 Å². The minimum Gasteiger partial charge on any atom is -0.481 e. The third-order valence-corrected chi connectivity index (χ3v) is 5.17. The van der Waals surface area contributed by atoms with Crippen LogP contribution >= 0.6 is 0 Å². The summed E-state index contributed by atoms with van der Waals surface area (Å²) in [5.74, 6) is 2.16. The fraction of sp³-hybridized carbons (Fsp3) is 0.364.